The smallest absolute Gasteiger partial charge is 0.126 e. The van der Waals surface area contributed by atoms with Gasteiger partial charge in [-0.1, -0.05) is 0 Å². The van der Waals surface area contributed by atoms with Crippen molar-refractivity contribution in [3.8, 4) is 0 Å². The van der Waals surface area contributed by atoms with Crippen molar-refractivity contribution >= 4 is 0 Å². The van der Waals surface area contributed by atoms with Gasteiger partial charge in [-0.2, -0.15) is 0 Å². The Kier molecular flexibility index (Phi) is 5.67. The molecule has 0 aliphatic carbocycles. The van der Waals surface area contributed by atoms with E-state index in [9.17, 15) is 13.9 Å². The maximum Gasteiger partial charge on any atom is 0.126 e. The van der Waals surface area contributed by atoms with Crippen LogP contribution >= 0.6 is 0 Å². The van der Waals surface area contributed by atoms with Crippen molar-refractivity contribution in [2.24, 2.45) is 0 Å². The average molecular weight is 298 g/mol. The summed E-state index contributed by atoms with van der Waals surface area (Å²) in [7, 11) is 0. The van der Waals surface area contributed by atoms with E-state index in [0.29, 0.717) is 18.0 Å². The summed E-state index contributed by atoms with van der Waals surface area (Å²) in [6.45, 7) is 9.14. The predicted octanol–water partition coefficient (Wildman–Crippen LogP) is 2.41. The van der Waals surface area contributed by atoms with Crippen molar-refractivity contribution < 1.29 is 13.9 Å². The monoisotopic (exact) mass is 298 g/mol. The zero-order valence-electron chi connectivity index (χ0n) is 12.7. The molecule has 1 saturated heterocycles. The summed E-state index contributed by atoms with van der Waals surface area (Å²) in [6, 6.07) is 3.78. The number of hydrogen-bond acceptors (Lipinski definition) is 3. The minimum atomic E-state index is -0.821. The second kappa shape index (κ2) is 7.29. The third-order valence-corrected chi connectivity index (χ3v) is 4.13. The highest BCUT2D eigenvalue weighted by Gasteiger charge is 2.19. The second-order valence-corrected chi connectivity index (χ2v) is 5.98. The quantitative estimate of drug-likeness (QED) is 0.904. The molecule has 1 atom stereocenters. The van der Waals surface area contributed by atoms with E-state index in [4.69, 9.17) is 0 Å². The Morgan fingerprint density at radius 1 is 1.05 bits per heavy atom. The Hall–Kier alpha value is -1.04. The van der Waals surface area contributed by atoms with Crippen LogP contribution in [-0.4, -0.2) is 53.7 Å². The lowest BCUT2D eigenvalue weighted by atomic mass is 10.1. The van der Waals surface area contributed by atoms with Gasteiger partial charge in [-0.25, -0.2) is 8.78 Å². The molecular formula is C16H24F2N2O. The van der Waals surface area contributed by atoms with Gasteiger partial charge in [0.05, 0.1) is 6.10 Å². The van der Waals surface area contributed by atoms with Crippen LogP contribution in [0, 0.1) is 11.6 Å². The third kappa shape index (κ3) is 4.73. The number of nitrogens with zero attached hydrogens (tertiary/aromatic N) is 2. The Labute approximate surface area is 125 Å². The fourth-order valence-corrected chi connectivity index (χ4v) is 2.74. The van der Waals surface area contributed by atoms with Gasteiger partial charge in [-0.15, -0.1) is 0 Å². The van der Waals surface area contributed by atoms with Crippen LogP contribution in [0.5, 0.6) is 0 Å². The van der Waals surface area contributed by atoms with E-state index < -0.39 is 17.7 Å². The lowest BCUT2D eigenvalue weighted by Gasteiger charge is -2.37. The van der Waals surface area contributed by atoms with Crippen LogP contribution in [0.4, 0.5) is 8.78 Å². The molecule has 1 fully saturated rings. The summed E-state index contributed by atoms with van der Waals surface area (Å²) in [5.74, 6) is -1.29. The molecule has 0 bridgehead atoms. The van der Waals surface area contributed by atoms with Crippen molar-refractivity contribution in [3.63, 3.8) is 0 Å². The van der Waals surface area contributed by atoms with Gasteiger partial charge < -0.3 is 10.0 Å². The van der Waals surface area contributed by atoms with Gasteiger partial charge in [0.2, 0.25) is 0 Å². The first kappa shape index (κ1) is 16.3. The summed E-state index contributed by atoms with van der Waals surface area (Å²) in [6.07, 6.45) is -0.330. The summed E-state index contributed by atoms with van der Waals surface area (Å²) in [5.41, 5.74) is 0.313. The van der Waals surface area contributed by atoms with Gasteiger partial charge in [-0.3, -0.25) is 4.90 Å². The fourth-order valence-electron chi connectivity index (χ4n) is 2.74. The van der Waals surface area contributed by atoms with Crippen LogP contribution in [0.2, 0.25) is 0 Å². The molecule has 0 spiro atoms. The van der Waals surface area contributed by atoms with E-state index in [0.717, 1.165) is 38.8 Å². The molecule has 2 rings (SSSR count). The Morgan fingerprint density at radius 3 is 2.14 bits per heavy atom. The number of hydrogen-bond donors (Lipinski definition) is 1. The second-order valence-electron chi connectivity index (χ2n) is 5.98. The lowest BCUT2D eigenvalue weighted by Crippen LogP contribution is -2.49. The molecule has 0 saturated carbocycles. The minimum absolute atomic E-state index is 0.313. The molecular weight excluding hydrogens is 274 g/mol. The molecule has 1 aromatic rings. The summed E-state index contributed by atoms with van der Waals surface area (Å²) in [5, 5.41) is 10.1. The van der Waals surface area contributed by atoms with Crippen LogP contribution in [0.15, 0.2) is 18.2 Å². The molecule has 1 heterocycles. The largest absolute Gasteiger partial charge is 0.388 e. The first-order chi connectivity index (χ1) is 9.95. The maximum atomic E-state index is 13.1. The van der Waals surface area contributed by atoms with Crippen molar-refractivity contribution in [3.05, 3.63) is 35.4 Å². The third-order valence-electron chi connectivity index (χ3n) is 4.13. The van der Waals surface area contributed by atoms with Gasteiger partial charge in [0.25, 0.3) is 0 Å². The van der Waals surface area contributed by atoms with Crippen LogP contribution in [0.3, 0.4) is 0 Å². The topological polar surface area (TPSA) is 26.7 Å². The van der Waals surface area contributed by atoms with Gasteiger partial charge in [-0.05, 0) is 38.0 Å². The number of benzene rings is 1. The zero-order valence-corrected chi connectivity index (χ0v) is 12.7. The summed E-state index contributed by atoms with van der Waals surface area (Å²) >= 11 is 0. The molecule has 0 amide bonds. The summed E-state index contributed by atoms with van der Waals surface area (Å²) in [4.78, 5) is 4.71. The minimum Gasteiger partial charge on any atom is -0.388 e. The van der Waals surface area contributed by atoms with E-state index in [1.54, 1.807) is 0 Å². The average Bonchev–Trinajstić information content (AvgIpc) is 2.44. The van der Waals surface area contributed by atoms with Gasteiger partial charge in [0.15, 0.2) is 0 Å². The predicted molar refractivity (Wildman–Crippen MR) is 79.1 cm³/mol. The molecule has 5 heteroatoms. The summed E-state index contributed by atoms with van der Waals surface area (Å²) < 4.78 is 26.3. The molecule has 1 unspecified atom stereocenters. The van der Waals surface area contributed by atoms with Gasteiger partial charge in [0.1, 0.15) is 11.6 Å². The first-order valence-electron chi connectivity index (χ1n) is 7.56. The number of rotatable bonds is 5. The Morgan fingerprint density at radius 2 is 1.62 bits per heavy atom. The number of aliphatic hydroxyl groups excluding tert-OH is 1. The standard InChI is InChI=1S/C16H24F2N2O/c1-12(2)20-7-5-19(6-8-20)4-3-16(21)13-9-14(17)11-15(18)10-13/h9-12,16,21H,3-8H2,1-2H3. The normalized spacial score (nSPS) is 19.1. The molecule has 1 aromatic carbocycles. The Bertz CT molecular complexity index is 439. The SMILES string of the molecule is CC(C)N1CCN(CCC(O)c2cc(F)cc(F)c2)CC1. The van der Waals surface area contributed by atoms with Crippen LogP contribution in [0.25, 0.3) is 0 Å². The molecule has 1 aliphatic heterocycles. The molecule has 0 aromatic heterocycles. The van der Waals surface area contributed by atoms with Gasteiger partial charge >= 0.3 is 0 Å². The molecule has 118 valence electrons. The number of piperazine rings is 1. The van der Waals surface area contributed by atoms with E-state index in [1.165, 1.54) is 12.1 Å². The number of aliphatic hydroxyl groups is 1. The van der Waals surface area contributed by atoms with Crippen LogP contribution < -0.4 is 0 Å². The molecule has 1 N–H and O–H groups in total. The first-order valence-corrected chi connectivity index (χ1v) is 7.56. The van der Waals surface area contributed by atoms with Crippen LogP contribution in [-0.2, 0) is 0 Å². The van der Waals surface area contributed by atoms with Gasteiger partial charge in [0, 0.05) is 44.8 Å². The zero-order chi connectivity index (χ0) is 15.4. The van der Waals surface area contributed by atoms with Crippen LogP contribution in [0.1, 0.15) is 31.9 Å². The lowest BCUT2D eigenvalue weighted by molar-refractivity contribution is 0.0880. The molecule has 1 aliphatic rings. The Balaban J connectivity index is 1.80. The fraction of sp³-hybridized carbons (Fsp3) is 0.625. The molecule has 21 heavy (non-hydrogen) atoms. The highest BCUT2D eigenvalue weighted by molar-refractivity contribution is 5.20. The highest BCUT2D eigenvalue weighted by atomic mass is 19.1. The van der Waals surface area contributed by atoms with Crippen molar-refractivity contribution in [2.75, 3.05) is 32.7 Å². The van der Waals surface area contributed by atoms with Crippen molar-refractivity contribution in [1.82, 2.24) is 9.80 Å². The van der Waals surface area contributed by atoms with E-state index in [2.05, 4.69) is 23.6 Å². The highest BCUT2D eigenvalue weighted by Crippen LogP contribution is 2.20. The van der Waals surface area contributed by atoms with E-state index >= 15 is 0 Å². The molecule has 0 radical (unpaired) electrons. The van der Waals surface area contributed by atoms with Crippen molar-refractivity contribution in [2.45, 2.75) is 32.4 Å². The number of halogens is 2. The van der Waals surface area contributed by atoms with E-state index in [-0.39, 0.29) is 0 Å². The van der Waals surface area contributed by atoms with Crippen molar-refractivity contribution in [1.29, 1.82) is 0 Å². The van der Waals surface area contributed by atoms with E-state index in [1.807, 2.05) is 0 Å². The maximum absolute atomic E-state index is 13.1. The molecule has 3 nitrogen and oxygen atoms in total.